The van der Waals surface area contributed by atoms with E-state index in [1.54, 1.807) is 0 Å². The van der Waals surface area contributed by atoms with Crippen LogP contribution in [0.5, 0.6) is 0 Å². The van der Waals surface area contributed by atoms with Gasteiger partial charge in [0.1, 0.15) is 5.82 Å². The molecule has 0 fully saturated rings. The number of fused-ring (bicyclic) bond motifs is 14. The van der Waals surface area contributed by atoms with Crippen LogP contribution in [0.1, 0.15) is 11.9 Å². The highest BCUT2D eigenvalue weighted by Crippen LogP contribution is 2.45. The first-order chi connectivity index (χ1) is 35.2. The van der Waals surface area contributed by atoms with Crippen LogP contribution in [0, 0.1) is 0 Å². The lowest BCUT2D eigenvalue weighted by Crippen LogP contribution is -2.41. The second kappa shape index (κ2) is 15.2. The molecule has 0 radical (unpaired) electrons. The number of para-hydroxylation sites is 5. The summed E-state index contributed by atoms with van der Waals surface area (Å²) in [6, 6.07) is 82.1. The van der Waals surface area contributed by atoms with Crippen LogP contribution in [-0.4, -0.2) is 47.0 Å². The molecular weight excluding hydrogens is 869 g/mol. The van der Waals surface area contributed by atoms with E-state index >= 15 is 0 Å². The van der Waals surface area contributed by atoms with Gasteiger partial charge in [-0.2, -0.15) is 4.99 Å². The standard InChI is InChI=1S/C63H42N8/c1-67-62(69-54-34-18-14-29-49(54)57-55(69)39-38-46-43-26-11-15-31-51(43)68(58(46)57)42-24-9-4-10-25-42)65-61(41-22-7-3-8-23-41)66-63(67)71-53-33-17-13-28-45(53)48-37-36-47-44-27-12-16-32-52(44)70(59(47)60(48)71)56-35-19-30-50(64-56)40-20-5-2-6-21-40/h2-39,62H,1H3. The van der Waals surface area contributed by atoms with Crippen molar-refractivity contribution >= 4 is 99.0 Å². The summed E-state index contributed by atoms with van der Waals surface area (Å²) in [4.78, 5) is 19.0. The van der Waals surface area contributed by atoms with Crippen LogP contribution >= 0.6 is 0 Å². The Hall–Kier alpha value is -9.53. The molecule has 15 rings (SSSR count). The topological polar surface area (TPSA) is 60.6 Å². The first-order valence-corrected chi connectivity index (χ1v) is 24.1. The number of rotatable bonds is 5. The first-order valence-electron chi connectivity index (χ1n) is 24.1. The predicted octanol–water partition coefficient (Wildman–Crippen LogP) is 14.9. The minimum Gasteiger partial charge on any atom is -0.309 e. The molecule has 9 aromatic carbocycles. The highest BCUT2D eigenvalue weighted by molar-refractivity contribution is 6.28. The molecule has 0 saturated carbocycles. The van der Waals surface area contributed by atoms with E-state index in [1.165, 1.54) is 27.2 Å². The van der Waals surface area contributed by atoms with E-state index in [0.29, 0.717) is 5.84 Å². The molecule has 8 heteroatoms. The van der Waals surface area contributed by atoms with Crippen molar-refractivity contribution in [3.63, 3.8) is 0 Å². The van der Waals surface area contributed by atoms with Gasteiger partial charge in [0.15, 0.2) is 5.84 Å². The average Bonchev–Trinajstić information content (AvgIpc) is 4.17. The molecule has 0 N–H and O–H groups in total. The third-order valence-electron chi connectivity index (χ3n) is 14.6. The number of hydrogen-bond acceptors (Lipinski definition) is 4. The van der Waals surface area contributed by atoms with Crippen molar-refractivity contribution < 1.29 is 0 Å². The summed E-state index contributed by atoms with van der Waals surface area (Å²) in [5.74, 6) is 2.26. The van der Waals surface area contributed by atoms with E-state index < -0.39 is 6.29 Å². The summed E-state index contributed by atoms with van der Waals surface area (Å²) in [5.41, 5.74) is 12.8. The Morgan fingerprint density at radius 2 is 0.873 bits per heavy atom. The van der Waals surface area contributed by atoms with Gasteiger partial charge in [-0.05, 0) is 54.6 Å². The minimum atomic E-state index is -0.544. The second-order valence-corrected chi connectivity index (χ2v) is 18.4. The summed E-state index contributed by atoms with van der Waals surface area (Å²) < 4.78 is 9.60. The van der Waals surface area contributed by atoms with Gasteiger partial charge in [-0.3, -0.25) is 9.13 Å². The van der Waals surface area contributed by atoms with Crippen LogP contribution in [-0.2, 0) is 0 Å². The molecule has 1 aliphatic rings. The molecule has 1 atom stereocenters. The predicted molar refractivity (Wildman–Crippen MR) is 293 cm³/mol. The molecule has 334 valence electrons. The van der Waals surface area contributed by atoms with Gasteiger partial charge in [0.25, 0.3) is 0 Å². The van der Waals surface area contributed by atoms with Crippen molar-refractivity contribution in [3.05, 3.63) is 236 Å². The molecular formula is C63H42N8. The third-order valence-corrected chi connectivity index (χ3v) is 14.6. The lowest BCUT2D eigenvalue weighted by atomic mass is 10.1. The lowest BCUT2D eigenvalue weighted by molar-refractivity contribution is 0.290. The van der Waals surface area contributed by atoms with Crippen molar-refractivity contribution in [3.8, 4) is 22.8 Å². The number of hydrogen-bond donors (Lipinski definition) is 0. The molecule has 0 saturated heterocycles. The smallest absolute Gasteiger partial charge is 0.215 e. The summed E-state index contributed by atoms with van der Waals surface area (Å²) in [7, 11) is 2.15. The largest absolute Gasteiger partial charge is 0.309 e. The summed E-state index contributed by atoms with van der Waals surface area (Å²) in [6.07, 6.45) is -0.544. The molecule has 6 heterocycles. The van der Waals surface area contributed by atoms with Crippen LogP contribution in [0.2, 0.25) is 0 Å². The number of nitrogens with zero attached hydrogens (tertiary/aromatic N) is 8. The molecule has 0 spiro atoms. The van der Waals surface area contributed by atoms with Crippen LogP contribution in [0.15, 0.2) is 241 Å². The van der Waals surface area contributed by atoms with E-state index in [4.69, 9.17) is 15.0 Å². The van der Waals surface area contributed by atoms with Gasteiger partial charge in [0, 0.05) is 67.0 Å². The Bertz CT molecular complexity index is 4530. The zero-order valence-corrected chi connectivity index (χ0v) is 38.6. The number of aromatic nitrogens is 5. The van der Waals surface area contributed by atoms with Gasteiger partial charge in [-0.25, -0.2) is 9.98 Å². The SMILES string of the molecule is CN1C(n2c3ccccc3c3ccc4c5ccccc5n(-c5cccc(-c6ccccc6)n5)c4c32)=NC(c2ccccc2)=NC1n1c2ccccc2c2c3c(ccc21)c1ccccc1n3-c1ccccc1. The minimum absolute atomic E-state index is 0.544. The number of aliphatic imine (C=N–C) groups is 2. The Labute approximate surface area is 407 Å². The zero-order chi connectivity index (χ0) is 46.7. The van der Waals surface area contributed by atoms with E-state index in [-0.39, 0.29) is 0 Å². The number of amidine groups is 1. The summed E-state index contributed by atoms with van der Waals surface area (Å²) in [6.45, 7) is 0. The maximum absolute atomic E-state index is 5.68. The van der Waals surface area contributed by atoms with E-state index in [0.717, 1.165) is 94.3 Å². The van der Waals surface area contributed by atoms with Gasteiger partial charge < -0.3 is 14.0 Å². The Balaban J connectivity index is 1.04. The number of pyridine rings is 1. The zero-order valence-electron chi connectivity index (χ0n) is 38.6. The Kier molecular flexibility index (Phi) is 8.47. The first kappa shape index (κ1) is 39.5. The van der Waals surface area contributed by atoms with Crippen LogP contribution in [0.25, 0.3) is 110 Å². The van der Waals surface area contributed by atoms with Gasteiger partial charge in [-0.1, -0.05) is 176 Å². The second-order valence-electron chi connectivity index (χ2n) is 18.4. The van der Waals surface area contributed by atoms with E-state index in [9.17, 15) is 0 Å². The fourth-order valence-corrected chi connectivity index (χ4v) is 11.6. The molecule has 71 heavy (non-hydrogen) atoms. The maximum atomic E-state index is 5.68. The third kappa shape index (κ3) is 5.70. The summed E-state index contributed by atoms with van der Waals surface area (Å²) >= 11 is 0. The van der Waals surface area contributed by atoms with Crippen molar-refractivity contribution in [1.29, 1.82) is 0 Å². The molecule has 0 aliphatic carbocycles. The maximum Gasteiger partial charge on any atom is 0.215 e. The molecule has 1 unspecified atom stereocenters. The van der Waals surface area contributed by atoms with Crippen molar-refractivity contribution in [1.82, 2.24) is 28.2 Å². The molecule has 0 bridgehead atoms. The van der Waals surface area contributed by atoms with Crippen molar-refractivity contribution in [2.75, 3.05) is 7.05 Å². The monoisotopic (exact) mass is 910 g/mol. The quantitative estimate of drug-likeness (QED) is 0.173. The number of benzene rings is 9. The highest BCUT2D eigenvalue weighted by atomic mass is 15.5. The van der Waals surface area contributed by atoms with Crippen LogP contribution < -0.4 is 0 Å². The van der Waals surface area contributed by atoms with Crippen molar-refractivity contribution in [2.24, 2.45) is 9.98 Å². The van der Waals surface area contributed by atoms with Gasteiger partial charge in [0.05, 0.1) is 49.8 Å². The average molecular weight is 911 g/mol. The lowest BCUT2D eigenvalue weighted by Gasteiger charge is -2.34. The van der Waals surface area contributed by atoms with Gasteiger partial charge in [0.2, 0.25) is 12.2 Å². The van der Waals surface area contributed by atoms with Crippen LogP contribution in [0.4, 0.5) is 0 Å². The Morgan fingerprint density at radius 1 is 0.366 bits per heavy atom. The normalized spacial score (nSPS) is 14.3. The summed E-state index contributed by atoms with van der Waals surface area (Å²) in [5, 5.41) is 9.32. The van der Waals surface area contributed by atoms with Crippen molar-refractivity contribution in [2.45, 2.75) is 6.29 Å². The van der Waals surface area contributed by atoms with E-state index in [2.05, 4.69) is 255 Å². The molecule has 14 aromatic rings. The molecule has 8 nitrogen and oxygen atoms in total. The highest BCUT2D eigenvalue weighted by Gasteiger charge is 2.33. The fourth-order valence-electron chi connectivity index (χ4n) is 11.6. The Morgan fingerprint density at radius 3 is 1.54 bits per heavy atom. The molecule has 5 aromatic heterocycles. The molecule has 0 amide bonds. The molecule has 1 aliphatic heterocycles. The van der Waals surface area contributed by atoms with Crippen LogP contribution in [0.3, 0.4) is 0 Å². The van der Waals surface area contributed by atoms with Gasteiger partial charge in [-0.15, -0.1) is 0 Å². The van der Waals surface area contributed by atoms with E-state index in [1.807, 2.05) is 6.07 Å². The fraction of sp³-hybridized carbons (Fsp3) is 0.0317. The van der Waals surface area contributed by atoms with Gasteiger partial charge >= 0.3 is 0 Å².